The van der Waals surface area contributed by atoms with E-state index in [2.05, 4.69) is 5.48 Å². The maximum atomic E-state index is 11.4. The molecule has 0 spiro atoms. The Hall–Kier alpha value is -0.610. The topological polar surface area (TPSA) is 47.6 Å². The molecule has 1 amide bonds. The second kappa shape index (κ2) is 9.42. The van der Waals surface area contributed by atoms with E-state index in [1.54, 1.807) is 7.11 Å². The fourth-order valence-corrected chi connectivity index (χ4v) is 2.33. The van der Waals surface area contributed by atoms with Crippen LogP contribution in [0.1, 0.15) is 51.4 Å². The molecule has 17 heavy (non-hydrogen) atoms. The monoisotopic (exact) mass is 243 g/mol. The maximum absolute atomic E-state index is 11.4. The lowest BCUT2D eigenvalue weighted by Crippen LogP contribution is -2.25. The number of methoxy groups -OCH3 is 1. The first-order chi connectivity index (χ1) is 8.33. The summed E-state index contributed by atoms with van der Waals surface area (Å²) in [6.07, 6.45) is 9.58. The van der Waals surface area contributed by atoms with Crippen molar-refractivity contribution in [2.45, 2.75) is 51.4 Å². The van der Waals surface area contributed by atoms with Gasteiger partial charge in [-0.2, -0.15) is 0 Å². The highest BCUT2D eigenvalue weighted by Crippen LogP contribution is 2.27. The van der Waals surface area contributed by atoms with Gasteiger partial charge < -0.3 is 4.74 Å². The highest BCUT2D eigenvalue weighted by Gasteiger charge is 2.13. The predicted molar refractivity (Wildman–Crippen MR) is 66.4 cm³/mol. The van der Waals surface area contributed by atoms with Crippen LogP contribution in [0, 0.1) is 5.92 Å². The van der Waals surface area contributed by atoms with Gasteiger partial charge in [-0.3, -0.25) is 9.63 Å². The summed E-state index contributed by atoms with van der Waals surface area (Å²) in [6.45, 7) is 0.910. The van der Waals surface area contributed by atoms with Gasteiger partial charge in [-0.05, 0) is 18.8 Å². The molecule has 0 saturated heterocycles. The Balaban J connectivity index is 1.92. The third-order valence-corrected chi connectivity index (χ3v) is 3.32. The summed E-state index contributed by atoms with van der Waals surface area (Å²) >= 11 is 0. The van der Waals surface area contributed by atoms with Gasteiger partial charge in [-0.25, -0.2) is 5.48 Å². The molecule has 1 aliphatic carbocycles. The van der Waals surface area contributed by atoms with Crippen LogP contribution in [0.5, 0.6) is 0 Å². The number of hydrogen-bond donors (Lipinski definition) is 1. The van der Waals surface area contributed by atoms with E-state index in [0.717, 1.165) is 12.3 Å². The number of ether oxygens (including phenoxy) is 1. The summed E-state index contributed by atoms with van der Waals surface area (Å²) in [6, 6.07) is 0. The SMILES string of the molecule is COCCONC(=O)CCCC1CCCCC1. The summed E-state index contributed by atoms with van der Waals surface area (Å²) in [7, 11) is 1.61. The number of hydrogen-bond acceptors (Lipinski definition) is 3. The minimum atomic E-state index is -0.0167. The maximum Gasteiger partial charge on any atom is 0.243 e. The second-order valence-corrected chi connectivity index (χ2v) is 4.76. The second-order valence-electron chi connectivity index (χ2n) is 4.76. The number of rotatable bonds is 8. The third kappa shape index (κ3) is 7.34. The van der Waals surface area contributed by atoms with Crippen LogP contribution in [-0.2, 0) is 14.4 Å². The van der Waals surface area contributed by atoms with Gasteiger partial charge in [0.15, 0.2) is 0 Å². The lowest BCUT2D eigenvalue weighted by atomic mass is 9.86. The Morgan fingerprint density at radius 1 is 1.24 bits per heavy atom. The van der Waals surface area contributed by atoms with Crippen molar-refractivity contribution in [3.05, 3.63) is 0 Å². The van der Waals surface area contributed by atoms with Gasteiger partial charge in [0.05, 0.1) is 13.2 Å². The summed E-state index contributed by atoms with van der Waals surface area (Å²) in [5, 5.41) is 0. The minimum absolute atomic E-state index is 0.0167. The van der Waals surface area contributed by atoms with Crippen molar-refractivity contribution >= 4 is 5.91 Å². The van der Waals surface area contributed by atoms with Crippen LogP contribution in [0.3, 0.4) is 0 Å². The zero-order valence-electron chi connectivity index (χ0n) is 10.9. The smallest absolute Gasteiger partial charge is 0.243 e. The van der Waals surface area contributed by atoms with E-state index < -0.39 is 0 Å². The Morgan fingerprint density at radius 3 is 2.71 bits per heavy atom. The molecule has 1 saturated carbocycles. The van der Waals surface area contributed by atoms with Crippen molar-refractivity contribution in [3.8, 4) is 0 Å². The van der Waals surface area contributed by atoms with Crippen molar-refractivity contribution in [3.63, 3.8) is 0 Å². The molecular weight excluding hydrogens is 218 g/mol. The van der Waals surface area contributed by atoms with E-state index in [0.29, 0.717) is 19.6 Å². The molecule has 0 bridgehead atoms. The fraction of sp³-hybridized carbons (Fsp3) is 0.923. The molecule has 0 aromatic heterocycles. The van der Waals surface area contributed by atoms with Gasteiger partial charge >= 0.3 is 0 Å². The molecule has 1 fully saturated rings. The molecule has 100 valence electrons. The van der Waals surface area contributed by atoms with E-state index in [1.165, 1.54) is 38.5 Å². The molecule has 1 aliphatic rings. The number of amides is 1. The van der Waals surface area contributed by atoms with Crippen molar-refractivity contribution < 1.29 is 14.4 Å². The normalized spacial score (nSPS) is 17.0. The molecule has 0 unspecified atom stereocenters. The Morgan fingerprint density at radius 2 is 2.00 bits per heavy atom. The third-order valence-electron chi connectivity index (χ3n) is 3.32. The molecule has 0 radical (unpaired) electrons. The molecular formula is C13H25NO3. The highest BCUT2D eigenvalue weighted by atomic mass is 16.7. The standard InChI is InChI=1S/C13H25NO3/c1-16-10-11-17-14-13(15)9-5-8-12-6-3-2-4-7-12/h12H,2-11H2,1H3,(H,14,15). The van der Waals surface area contributed by atoms with Crippen LogP contribution in [0.15, 0.2) is 0 Å². The van der Waals surface area contributed by atoms with Crippen LogP contribution < -0.4 is 5.48 Å². The molecule has 0 aromatic rings. The van der Waals surface area contributed by atoms with E-state index in [-0.39, 0.29) is 5.91 Å². The quantitative estimate of drug-likeness (QED) is 0.526. The predicted octanol–water partition coefficient (Wildman–Crippen LogP) is 2.43. The molecule has 1 rings (SSSR count). The summed E-state index contributed by atoms with van der Waals surface area (Å²) in [5.41, 5.74) is 2.44. The van der Waals surface area contributed by atoms with Crippen LogP contribution in [-0.4, -0.2) is 26.2 Å². The highest BCUT2D eigenvalue weighted by molar-refractivity contribution is 5.74. The number of carbonyl (C=O) groups is 1. The summed E-state index contributed by atoms with van der Waals surface area (Å²) in [4.78, 5) is 16.3. The van der Waals surface area contributed by atoms with Crippen molar-refractivity contribution in [1.82, 2.24) is 5.48 Å². The Bertz CT molecular complexity index is 203. The number of hydroxylamine groups is 1. The molecule has 0 aliphatic heterocycles. The Kier molecular flexibility index (Phi) is 8.01. The van der Waals surface area contributed by atoms with E-state index >= 15 is 0 Å². The van der Waals surface area contributed by atoms with Crippen LogP contribution in [0.25, 0.3) is 0 Å². The Labute approximate surface area is 104 Å². The number of nitrogens with one attached hydrogen (secondary N) is 1. The van der Waals surface area contributed by atoms with E-state index in [1.807, 2.05) is 0 Å². The van der Waals surface area contributed by atoms with Crippen LogP contribution >= 0.6 is 0 Å². The lowest BCUT2D eigenvalue weighted by molar-refractivity contribution is -0.134. The van der Waals surface area contributed by atoms with Gasteiger partial charge in [-0.15, -0.1) is 0 Å². The van der Waals surface area contributed by atoms with Crippen LogP contribution in [0.4, 0.5) is 0 Å². The van der Waals surface area contributed by atoms with Gasteiger partial charge in [0, 0.05) is 13.5 Å². The van der Waals surface area contributed by atoms with Gasteiger partial charge in [0.25, 0.3) is 0 Å². The molecule has 1 N–H and O–H groups in total. The van der Waals surface area contributed by atoms with Gasteiger partial charge in [0.2, 0.25) is 5.91 Å². The van der Waals surface area contributed by atoms with Crippen LogP contribution in [0.2, 0.25) is 0 Å². The lowest BCUT2D eigenvalue weighted by Gasteiger charge is -2.21. The zero-order chi connectivity index (χ0) is 12.3. The average Bonchev–Trinajstić information content (AvgIpc) is 2.36. The molecule has 4 heteroatoms. The first-order valence-corrected chi connectivity index (χ1v) is 6.72. The van der Waals surface area contributed by atoms with Crippen molar-refractivity contribution in [2.75, 3.05) is 20.3 Å². The first-order valence-electron chi connectivity index (χ1n) is 6.72. The summed E-state index contributed by atoms with van der Waals surface area (Å²) < 4.78 is 4.81. The first kappa shape index (κ1) is 14.5. The minimum Gasteiger partial charge on any atom is -0.382 e. The average molecular weight is 243 g/mol. The molecule has 4 nitrogen and oxygen atoms in total. The zero-order valence-corrected chi connectivity index (χ0v) is 10.9. The van der Waals surface area contributed by atoms with Crippen molar-refractivity contribution in [2.24, 2.45) is 5.92 Å². The van der Waals surface area contributed by atoms with E-state index in [9.17, 15) is 4.79 Å². The fourth-order valence-electron chi connectivity index (χ4n) is 2.33. The largest absolute Gasteiger partial charge is 0.382 e. The van der Waals surface area contributed by atoms with Crippen molar-refractivity contribution in [1.29, 1.82) is 0 Å². The molecule has 0 atom stereocenters. The number of carbonyl (C=O) groups excluding carboxylic acids is 1. The summed E-state index contributed by atoms with van der Waals surface area (Å²) in [5.74, 6) is 0.836. The molecule has 0 heterocycles. The van der Waals surface area contributed by atoms with E-state index in [4.69, 9.17) is 9.57 Å². The van der Waals surface area contributed by atoms with Gasteiger partial charge in [-0.1, -0.05) is 32.1 Å². The molecule has 0 aromatic carbocycles. The van der Waals surface area contributed by atoms with Gasteiger partial charge in [0.1, 0.15) is 0 Å².